The third-order valence-electron chi connectivity index (χ3n) is 2.90. The zero-order chi connectivity index (χ0) is 13.3. The number of benzene rings is 1. The van der Waals surface area contributed by atoms with Crippen molar-refractivity contribution in [3.63, 3.8) is 0 Å². The van der Waals surface area contributed by atoms with Gasteiger partial charge in [0.15, 0.2) is 9.84 Å². The van der Waals surface area contributed by atoms with Crippen molar-refractivity contribution in [3.05, 3.63) is 28.7 Å². The second kappa shape index (κ2) is 5.01. The lowest BCUT2D eigenvalue weighted by molar-refractivity contribution is -0.120. The minimum absolute atomic E-state index is 0.156. The average Bonchev–Trinajstić information content (AvgIpc) is 3.12. The summed E-state index contributed by atoms with van der Waals surface area (Å²) in [6, 6.07) is 6.69. The Bertz CT molecular complexity index is 566. The van der Waals surface area contributed by atoms with E-state index in [1.165, 1.54) is 13.0 Å². The summed E-state index contributed by atoms with van der Waals surface area (Å²) in [5, 5.41) is 1.64. The van der Waals surface area contributed by atoms with Gasteiger partial charge in [-0.3, -0.25) is 4.79 Å². The molecular weight excluding hydrogens is 318 g/mol. The van der Waals surface area contributed by atoms with Crippen LogP contribution in [0, 0.1) is 0 Å². The Morgan fingerprint density at radius 2 is 2.00 bits per heavy atom. The van der Waals surface area contributed by atoms with Crippen LogP contribution in [0.2, 0.25) is 0 Å². The van der Waals surface area contributed by atoms with Crippen LogP contribution in [0.4, 0.5) is 0 Å². The van der Waals surface area contributed by atoms with Gasteiger partial charge < -0.3 is 5.32 Å². The third-order valence-corrected chi connectivity index (χ3v) is 5.97. The highest BCUT2D eigenvalue weighted by Gasteiger charge is 2.34. The first kappa shape index (κ1) is 13.5. The van der Waals surface area contributed by atoms with Gasteiger partial charge in [0, 0.05) is 10.5 Å². The summed E-state index contributed by atoms with van der Waals surface area (Å²) in [6.07, 6.45) is 1.88. The molecule has 18 heavy (non-hydrogen) atoms. The van der Waals surface area contributed by atoms with Crippen molar-refractivity contribution in [1.29, 1.82) is 0 Å². The first-order valence-corrected chi connectivity index (χ1v) is 8.05. The molecule has 0 aliphatic heterocycles. The van der Waals surface area contributed by atoms with E-state index in [1.54, 1.807) is 18.2 Å². The second-order valence-corrected chi connectivity index (χ2v) is 7.49. The second-order valence-electron chi connectivity index (χ2n) is 4.40. The van der Waals surface area contributed by atoms with E-state index in [-0.39, 0.29) is 10.9 Å². The molecule has 0 heterocycles. The van der Waals surface area contributed by atoms with E-state index in [2.05, 4.69) is 21.2 Å². The molecule has 98 valence electrons. The molecule has 1 aromatic carbocycles. The molecule has 1 aromatic rings. The molecule has 1 saturated carbocycles. The maximum atomic E-state index is 12.3. The lowest BCUT2D eigenvalue weighted by atomic mass is 10.4. The van der Waals surface area contributed by atoms with E-state index in [9.17, 15) is 13.2 Å². The summed E-state index contributed by atoms with van der Waals surface area (Å²) in [5.41, 5.74) is 0. The molecule has 2 rings (SSSR count). The van der Waals surface area contributed by atoms with Crippen molar-refractivity contribution in [2.24, 2.45) is 0 Å². The first-order chi connectivity index (χ1) is 8.43. The Kier molecular flexibility index (Phi) is 3.77. The van der Waals surface area contributed by atoms with Gasteiger partial charge in [-0.05, 0) is 47.8 Å². The normalized spacial score (nSPS) is 17.2. The Morgan fingerprint density at radius 1 is 1.39 bits per heavy atom. The number of hydrogen-bond acceptors (Lipinski definition) is 3. The Balaban J connectivity index is 2.24. The topological polar surface area (TPSA) is 63.2 Å². The van der Waals surface area contributed by atoms with Gasteiger partial charge in [0.05, 0.1) is 4.90 Å². The van der Waals surface area contributed by atoms with Gasteiger partial charge in [0.2, 0.25) is 5.91 Å². The van der Waals surface area contributed by atoms with Crippen LogP contribution in [0.1, 0.15) is 19.8 Å². The lowest BCUT2D eigenvalue weighted by Crippen LogP contribution is -2.39. The van der Waals surface area contributed by atoms with Crippen molar-refractivity contribution >= 4 is 31.7 Å². The molecule has 0 bridgehead atoms. The third kappa shape index (κ3) is 2.75. The summed E-state index contributed by atoms with van der Waals surface area (Å²) in [5.74, 6) is -0.423. The Morgan fingerprint density at radius 3 is 2.56 bits per heavy atom. The fourth-order valence-corrected chi connectivity index (χ4v) is 3.85. The van der Waals surface area contributed by atoms with Crippen molar-refractivity contribution in [3.8, 4) is 0 Å². The van der Waals surface area contributed by atoms with Gasteiger partial charge in [-0.25, -0.2) is 8.42 Å². The van der Waals surface area contributed by atoms with E-state index in [1.807, 2.05) is 0 Å². The SMILES string of the molecule is CC(C(=O)NC1CC1)S(=O)(=O)c1ccccc1Br. The number of amides is 1. The minimum atomic E-state index is -3.65. The fraction of sp³-hybridized carbons (Fsp3) is 0.417. The van der Waals surface area contributed by atoms with Gasteiger partial charge in [0.25, 0.3) is 0 Å². The van der Waals surface area contributed by atoms with Gasteiger partial charge in [-0.1, -0.05) is 12.1 Å². The minimum Gasteiger partial charge on any atom is -0.352 e. The zero-order valence-corrected chi connectivity index (χ0v) is 12.3. The van der Waals surface area contributed by atoms with Crippen LogP contribution in [-0.4, -0.2) is 25.6 Å². The molecule has 1 aliphatic carbocycles. The molecule has 1 fully saturated rings. The highest BCUT2D eigenvalue weighted by atomic mass is 79.9. The summed E-state index contributed by atoms with van der Waals surface area (Å²) < 4.78 is 25.1. The lowest BCUT2D eigenvalue weighted by Gasteiger charge is -2.14. The van der Waals surface area contributed by atoms with Crippen LogP contribution in [0.15, 0.2) is 33.6 Å². The van der Waals surface area contributed by atoms with Crippen LogP contribution in [0.3, 0.4) is 0 Å². The number of hydrogen-bond donors (Lipinski definition) is 1. The predicted octanol–water partition coefficient (Wildman–Crippen LogP) is 1.89. The quantitative estimate of drug-likeness (QED) is 0.916. The van der Waals surface area contributed by atoms with Gasteiger partial charge >= 0.3 is 0 Å². The van der Waals surface area contributed by atoms with Crippen LogP contribution in [-0.2, 0) is 14.6 Å². The number of carbonyl (C=O) groups is 1. The van der Waals surface area contributed by atoms with Crippen LogP contribution >= 0.6 is 15.9 Å². The largest absolute Gasteiger partial charge is 0.352 e. The van der Waals surface area contributed by atoms with Crippen molar-refractivity contribution in [2.45, 2.75) is 36.0 Å². The number of halogens is 1. The van der Waals surface area contributed by atoms with Gasteiger partial charge in [-0.15, -0.1) is 0 Å². The van der Waals surface area contributed by atoms with Gasteiger partial charge in [-0.2, -0.15) is 0 Å². The van der Waals surface area contributed by atoms with E-state index in [0.717, 1.165) is 12.8 Å². The maximum Gasteiger partial charge on any atom is 0.238 e. The molecule has 1 aliphatic rings. The van der Waals surface area contributed by atoms with Crippen molar-refractivity contribution < 1.29 is 13.2 Å². The summed E-state index contributed by atoms with van der Waals surface area (Å²) in [7, 11) is -3.65. The van der Waals surface area contributed by atoms with E-state index >= 15 is 0 Å². The number of carbonyl (C=O) groups excluding carboxylic acids is 1. The zero-order valence-electron chi connectivity index (χ0n) is 9.89. The molecule has 1 unspecified atom stereocenters. The standard InChI is InChI=1S/C12H14BrNO3S/c1-8(12(15)14-9-6-7-9)18(16,17)11-5-3-2-4-10(11)13/h2-5,8-9H,6-7H2,1H3,(H,14,15). The van der Waals surface area contributed by atoms with Crippen molar-refractivity contribution in [2.75, 3.05) is 0 Å². The molecule has 1 N–H and O–H groups in total. The number of rotatable bonds is 4. The molecule has 0 saturated heterocycles. The fourth-order valence-electron chi connectivity index (χ4n) is 1.55. The summed E-state index contributed by atoms with van der Waals surface area (Å²) >= 11 is 3.20. The van der Waals surface area contributed by atoms with Crippen LogP contribution in [0.5, 0.6) is 0 Å². The summed E-state index contributed by atoms with van der Waals surface area (Å²) in [6.45, 7) is 1.42. The van der Waals surface area contributed by atoms with Crippen molar-refractivity contribution in [1.82, 2.24) is 5.32 Å². The van der Waals surface area contributed by atoms with Crippen LogP contribution in [0.25, 0.3) is 0 Å². The smallest absolute Gasteiger partial charge is 0.238 e. The molecule has 6 heteroatoms. The monoisotopic (exact) mass is 331 g/mol. The average molecular weight is 332 g/mol. The summed E-state index contributed by atoms with van der Waals surface area (Å²) in [4.78, 5) is 12.0. The van der Waals surface area contributed by atoms with Crippen LogP contribution < -0.4 is 5.32 Å². The highest BCUT2D eigenvalue weighted by molar-refractivity contribution is 9.10. The van der Waals surface area contributed by atoms with E-state index < -0.39 is 21.0 Å². The van der Waals surface area contributed by atoms with E-state index in [0.29, 0.717) is 4.47 Å². The Labute approximate surface area is 115 Å². The highest BCUT2D eigenvalue weighted by Crippen LogP contribution is 2.26. The number of nitrogens with one attached hydrogen (secondary N) is 1. The van der Waals surface area contributed by atoms with Gasteiger partial charge in [0.1, 0.15) is 5.25 Å². The van der Waals surface area contributed by atoms with E-state index in [4.69, 9.17) is 0 Å². The molecule has 0 radical (unpaired) electrons. The molecule has 1 atom stereocenters. The Hall–Kier alpha value is -0.880. The first-order valence-electron chi connectivity index (χ1n) is 5.71. The molecule has 0 spiro atoms. The molecule has 0 aromatic heterocycles. The molecule has 1 amide bonds. The maximum absolute atomic E-state index is 12.3. The molecule has 4 nitrogen and oxygen atoms in total. The predicted molar refractivity (Wildman–Crippen MR) is 72.0 cm³/mol. The number of sulfone groups is 1. The molecular formula is C12H14BrNO3S.